The summed E-state index contributed by atoms with van der Waals surface area (Å²) in [5, 5.41) is 0. The molecule has 0 nitrogen and oxygen atoms in total. The van der Waals surface area contributed by atoms with Crippen LogP contribution in [0.1, 0.15) is 22.3 Å². The van der Waals surface area contributed by atoms with Crippen LogP contribution in [-0.2, 0) is 30.8 Å². The molecule has 0 aromatic heterocycles. The second-order valence-corrected chi connectivity index (χ2v) is 6.37. The van der Waals surface area contributed by atoms with Crippen molar-refractivity contribution < 1.29 is 61.6 Å². The van der Waals surface area contributed by atoms with Crippen LogP contribution >= 0.6 is 0 Å². The predicted molar refractivity (Wildman–Crippen MR) is 63.8 cm³/mol. The van der Waals surface area contributed by atoms with E-state index in [4.69, 9.17) is 0 Å². The second-order valence-electron chi connectivity index (χ2n) is 4.57. The Morgan fingerprint density at radius 1 is 0.947 bits per heavy atom. The summed E-state index contributed by atoms with van der Waals surface area (Å²) in [6.45, 7) is 4.49. The van der Waals surface area contributed by atoms with Gasteiger partial charge in [-0.25, -0.2) is 0 Å². The first-order valence-electron chi connectivity index (χ1n) is 5.61. The van der Waals surface area contributed by atoms with E-state index in [2.05, 4.69) is 44.2 Å². The molecule has 2 aromatic carbocycles. The zero-order valence-electron chi connectivity index (χ0n) is 10.7. The number of aryl methyl sites for hydroxylation is 2. The number of rotatable bonds is 0. The molecule has 0 aliphatic heterocycles. The summed E-state index contributed by atoms with van der Waals surface area (Å²) in [5.41, 5.74) is 9.01. The summed E-state index contributed by atoms with van der Waals surface area (Å²) >= 11 is 1.16. The monoisotopic (exact) mass is 478 g/mol. The predicted octanol–water partition coefficient (Wildman–Crippen LogP) is -5.94. The smallest absolute Gasteiger partial charge is 1.00 e. The third-order valence-corrected chi connectivity index (χ3v) is 5.98. The SMILES string of the molecule is Cc1cc(C)c2c([c]1[Hf+3])Cc1ccccc1-2.[Cl-].[Cl-].[Cl-]. The van der Waals surface area contributed by atoms with Gasteiger partial charge in [0, 0.05) is 0 Å². The Labute approximate surface area is 148 Å². The number of fused-ring (bicyclic) bond motifs is 3. The van der Waals surface area contributed by atoms with Crippen LogP contribution in [0.25, 0.3) is 11.1 Å². The average Bonchev–Trinajstić information content (AvgIpc) is 2.65. The third-order valence-electron chi connectivity index (χ3n) is 3.48. The molecule has 19 heavy (non-hydrogen) atoms. The fourth-order valence-electron chi connectivity index (χ4n) is 2.73. The molecule has 0 heterocycles. The van der Waals surface area contributed by atoms with Gasteiger partial charge in [-0.3, -0.25) is 0 Å². The number of hydrogen-bond donors (Lipinski definition) is 0. The Kier molecular flexibility index (Phi) is 7.33. The van der Waals surface area contributed by atoms with Crippen LogP contribution in [0.2, 0.25) is 0 Å². The van der Waals surface area contributed by atoms with Crippen LogP contribution in [0.15, 0.2) is 30.3 Å². The van der Waals surface area contributed by atoms with E-state index in [9.17, 15) is 0 Å². The normalized spacial score (nSPS) is 10.5. The molecule has 98 valence electrons. The standard InChI is InChI=1S/C15H13.3ClH.Hf/c1-10-7-11(2)15-13(8-10)9-12-5-3-4-6-14(12)15;;;;/h3-7H,9H2,1-2H3;3*1H;/q;;;;+3/p-3. The van der Waals surface area contributed by atoms with Crippen LogP contribution in [0.3, 0.4) is 0 Å². The summed E-state index contributed by atoms with van der Waals surface area (Å²) in [7, 11) is 0. The molecular weight excluding hydrogens is 465 g/mol. The molecule has 0 amide bonds. The van der Waals surface area contributed by atoms with E-state index in [1.807, 2.05) is 0 Å². The first kappa shape index (κ1) is 19.2. The summed E-state index contributed by atoms with van der Waals surface area (Å²) in [6.07, 6.45) is 1.15. The van der Waals surface area contributed by atoms with Crippen molar-refractivity contribution in [2.24, 2.45) is 0 Å². The van der Waals surface area contributed by atoms with Crippen molar-refractivity contribution in [2.45, 2.75) is 20.3 Å². The largest absolute Gasteiger partial charge is 1.00 e. The summed E-state index contributed by atoms with van der Waals surface area (Å²) in [5.74, 6) is 0. The van der Waals surface area contributed by atoms with Crippen molar-refractivity contribution in [1.82, 2.24) is 0 Å². The van der Waals surface area contributed by atoms with Gasteiger partial charge in [0.05, 0.1) is 0 Å². The zero-order chi connectivity index (χ0) is 11.3. The van der Waals surface area contributed by atoms with Gasteiger partial charge in [0.15, 0.2) is 0 Å². The molecule has 0 saturated heterocycles. The topological polar surface area (TPSA) is 0 Å². The van der Waals surface area contributed by atoms with Crippen LogP contribution in [0, 0.1) is 13.8 Å². The van der Waals surface area contributed by atoms with Crippen LogP contribution < -0.4 is 40.5 Å². The van der Waals surface area contributed by atoms with Crippen LogP contribution in [0.4, 0.5) is 0 Å². The minimum Gasteiger partial charge on any atom is -1.00 e. The van der Waals surface area contributed by atoms with Gasteiger partial charge < -0.3 is 37.2 Å². The van der Waals surface area contributed by atoms with E-state index >= 15 is 0 Å². The Morgan fingerprint density at radius 3 is 2.26 bits per heavy atom. The molecule has 0 radical (unpaired) electrons. The molecule has 0 saturated carbocycles. The Hall–Kier alpha value is 0.180. The van der Waals surface area contributed by atoms with Gasteiger partial charge in [-0.05, 0) is 0 Å². The molecule has 2 aromatic rings. The summed E-state index contributed by atoms with van der Waals surface area (Å²) < 4.78 is 1.61. The quantitative estimate of drug-likeness (QED) is 0.283. The van der Waals surface area contributed by atoms with Crippen LogP contribution in [-0.4, -0.2) is 0 Å². The van der Waals surface area contributed by atoms with E-state index in [0.29, 0.717) is 0 Å². The molecule has 0 spiro atoms. The summed E-state index contributed by atoms with van der Waals surface area (Å²) in [6, 6.07) is 11.2. The van der Waals surface area contributed by atoms with E-state index in [1.54, 1.807) is 8.88 Å². The third kappa shape index (κ3) is 3.10. The molecule has 1 aliphatic rings. The van der Waals surface area contributed by atoms with Gasteiger partial charge >= 0.3 is 112 Å². The van der Waals surface area contributed by atoms with Crippen LogP contribution in [0.5, 0.6) is 0 Å². The first-order valence-corrected chi connectivity index (χ1v) is 7.41. The molecule has 0 atom stereocenters. The van der Waals surface area contributed by atoms with Gasteiger partial charge in [-0.1, -0.05) is 0 Å². The van der Waals surface area contributed by atoms with Gasteiger partial charge in [-0.15, -0.1) is 0 Å². The number of benzene rings is 2. The molecular formula is C15H13Cl3Hf. The van der Waals surface area contributed by atoms with E-state index in [-0.39, 0.29) is 37.2 Å². The molecule has 1 aliphatic carbocycles. The Bertz CT molecular complexity index is 594. The van der Waals surface area contributed by atoms with Gasteiger partial charge in [0.25, 0.3) is 0 Å². The average molecular weight is 478 g/mol. The summed E-state index contributed by atoms with van der Waals surface area (Å²) in [4.78, 5) is 0. The molecule has 0 N–H and O–H groups in total. The fraction of sp³-hybridized carbons (Fsp3) is 0.200. The maximum absolute atomic E-state index is 2.35. The van der Waals surface area contributed by atoms with Crippen molar-refractivity contribution >= 4 is 3.32 Å². The minimum absolute atomic E-state index is 0. The molecule has 3 rings (SSSR count). The van der Waals surface area contributed by atoms with E-state index in [1.165, 1.54) is 27.8 Å². The Balaban J connectivity index is 0.00000108. The molecule has 0 unspecified atom stereocenters. The van der Waals surface area contributed by atoms with Gasteiger partial charge in [0.1, 0.15) is 0 Å². The number of hydrogen-bond acceptors (Lipinski definition) is 0. The maximum atomic E-state index is 2.35. The van der Waals surface area contributed by atoms with Crippen molar-refractivity contribution in [3.8, 4) is 11.1 Å². The number of halogens is 3. The maximum Gasteiger partial charge on any atom is -1.00 e. The van der Waals surface area contributed by atoms with Crippen molar-refractivity contribution in [1.29, 1.82) is 0 Å². The Morgan fingerprint density at radius 2 is 1.58 bits per heavy atom. The fourth-order valence-corrected chi connectivity index (χ4v) is 3.76. The minimum atomic E-state index is 0. The van der Waals surface area contributed by atoms with Crippen molar-refractivity contribution in [3.63, 3.8) is 0 Å². The van der Waals surface area contributed by atoms with E-state index in [0.717, 1.165) is 30.8 Å². The molecule has 4 heteroatoms. The van der Waals surface area contributed by atoms with Crippen molar-refractivity contribution in [3.05, 3.63) is 52.6 Å². The molecule has 0 bridgehead atoms. The van der Waals surface area contributed by atoms with Gasteiger partial charge in [-0.2, -0.15) is 0 Å². The van der Waals surface area contributed by atoms with Crippen molar-refractivity contribution in [2.75, 3.05) is 0 Å². The molecule has 0 fully saturated rings. The van der Waals surface area contributed by atoms with Gasteiger partial charge in [0.2, 0.25) is 0 Å². The zero-order valence-corrected chi connectivity index (χ0v) is 16.6. The second kappa shape index (κ2) is 7.26. The first-order chi connectivity index (χ1) is 7.68. The van der Waals surface area contributed by atoms with E-state index < -0.39 is 0 Å².